The van der Waals surface area contributed by atoms with Crippen LogP contribution < -0.4 is 0 Å². The van der Waals surface area contributed by atoms with E-state index in [4.69, 9.17) is 0 Å². The van der Waals surface area contributed by atoms with E-state index in [1.165, 1.54) is 0 Å². The van der Waals surface area contributed by atoms with Crippen LogP contribution in [0.4, 0.5) is 0 Å². The molecule has 0 unspecified atom stereocenters. The third kappa shape index (κ3) is 3.03. The summed E-state index contributed by atoms with van der Waals surface area (Å²) >= 11 is 6.93. The molecule has 1 N–H and O–H groups in total. The van der Waals surface area contributed by atoms with E-state index in [0.717, 1.165) is 5.56 Å². The topological polar surface area (TPSA) is 37.3 Å². The summed E-state index contributed by atoms with van der Waals surface area (Å²) in [6.45, 7) is 0. The third-order valence-electron chi connectivity index (χ3n) is 3.19. The molecule has 0 heterocycles. The average Bonchev–Trinajstić information content (AvgIpc) is 2.54. The second-order valence-corrected chi connectivity index (χ2v) is 6.47. The van der Waals surface area contributed by atoms with Crippen molar-refractivity contribution in [3.05, 3.63) is 71.8 Å². The van der Waals surface area contributed by atoms with Gasteiger partial charge in [-0.3, -0.25) is 4.79 Å². The Morgan fingerprint density at radius 2 is 1.55 bits per heavy atom. The molecule has 0 amide bonds. The number of hydrogen-bond donors (Lipinski definition) is 1. The minimum absolute atomic E-state index is 0.300. The predicted octanol–water partition coefficient (Wildman–Crippen LogP) is 3.92. The number of carbonyl (C=O) groups excluding carboxylic acids is 1. The maximum Gasteiger partial charge on any atom is 0.193 e. The van der Waals surface area contributed by atoms with Gasteiger partial charge < -0.3 is 5.11 Å². The van der Waals surface area contributed by atoms with Gasteiger partial charge >= 0.3 is 0 Å². The van der Waals surface area contributed by atoms with E-state index in [0.29, 0.717) is 10.9 Å². The molecule has 2 aromatic rings. The molecule has 2 nitrogen and oxygen atoms in total. The van der Waals surface area contributed by atoms with Crippen LogP contribution in [-0.4, -0.2) is 22.3 Å². The van der Waals surface area contributed by atoms with Gasteiger partial charge in [0.1, 0.15) is 6.10 Å². The van der Waals surface area contributed by atoms with Crippen molar-refractivity contribution in [3.63, 3.8) is 0 Å². The summed E-state index contributed by atoms with van der Waals surface area (Å²) in [5, 5.41) is 10.9. The first-order valence-electron chi connectivity index (χ1n) is 6.17. The Morgan fingerprint density at radius 3 is 2.05 bits per heavy atom. The molecule has 0 fully saturated rings. The van der Waals surface area contributed by atoms with Gasteiger partial charge in [0, 0.05) is 10.9 Å². The molecule has 0 aliphatic carbocycles. The molecule has 0 bridgehead atoms. The number of carbonyl (C=O) groups is 1. The van der Waals surface area contributed by atoms with Gasteiger partial charge in [0.15, 0.2) is 5.78 Å². The first-order valence-corrected chi connectivity index (χ1v) is 8.09. The number of aliphatic hydroxyl groups excluding tert-OH is 1. The minimum Gasteiger partial charge on any atom is -0.383 e. The maximum absolute atomic E-state index is 12.4. The lowest BCUT2D eigenvalue weighted by Gasteiger charge is -2.30. The van der Waals surface area contributed by atoms with Crippen LogP contribution in [0.3, 0.4) is 0 Å². The van der Waals surface area contributed by atoms with Crippen LogP contribution in [0.15, 0.2) is 60.7 Å². The lowest BCUT2D eigenvalue weighted by Crippen LogP contribution is -2.41. The highest BCUT2D eigenvalue weighted by atomic mass is 79.9. The first-order chi connectivity index (χ1) is 9.59. The monoisotopic (exact) mass is 396 g/mol. The van der Waals surface area contributed by atoms with Gasteiger partial charge in [-0.1, -0.05) is 92.5 Å². The average molecular weight is 398 g/mol. The molecule has 0 aliphatic heterocycles. The zero-order valence-corrected chi connectivity index (χ0v) is 13.8. The number of halogens is 2. The maximum atomic E-state index is 12.4. The Labute approximate surface area is 135 Å². The van der Waals surface area contributed by atoms with E-state index >= 15 is 0 Å². The Balaban J connectivity index is 2.34. The highest BCUT2D eigenvalue weighted by Gasteiger charge is 2.40. The number of ketones is 1. The quantitative estimate of drug-likeness (QED) is 0.613. The number of rotatable bonds is 5. The van der Waals surface area contributed by atoms with Crippen molar-refractivity contribution in [1.82, 2.24) is 0 Å². The predicted molar refractivity (Wildman–Crippen MR) is 87.6 cm³/mol. The summed E-state index contributed by atoms with van der Waals surface area (Å²) in [4.78, 5) is 12.4. The molecule has 0 radical (unpaired) electrons. The number of alkyl halides is 2. The molecule has 0 spiro atoms. The number of aliphatic hydroxyl groups is 1. The summed E-state index contributed by atoms with van der Waals surface area (Å²) in [5.74, 6) is -0.300. The lowest BCUT2D eigenvalue weighted by atomic mass is 9.90. The van der Waals surface area contributed by atoms with E-state index in [2.05, 4.69) is 31.9 Å². The molecule has 104 valence electrons. The molecule has 0 saturated heterocycles. The van der Waals surface area contributed by atoms with E-state index in [1.807, 2.05) is 36.4 Å². The van der Waals surface area contributed by atoms with Crippen molar-refractivity contribution < 1.29 is 9.90 Å². The Hall–Kier alpha value is -0.970. The standard InChI is InChI=1S/C16H14Br2O2/c17-11-16(18,13-9-5-2-6-10-13)15(20)14(19)12-7-3-1-4-8-12/h1-10,15,20H,11H2/t15-,16+/m1/s1. The van der Waals surface area contributed by atoms with Crippen LogP contribution in [0.5, 0.6) is 0 Å². The molecule has 2 rings (SSSR count). The highest BCUT2D eigenvalue weighted by molar-refractivity contribution is 9.12. The normalized spacial score (nSPS) is 15.3. The van der Waals surface area contributed by atoms with Crippen LogP contribution in [-0.2, 0) is 4.32 Å². The molecule has 0 aromatic heterocycles. The van der Waals surface area contributed by atoms with Crippen molar-refractivity contribution in [2.24, 2.45) is 0 Å². The second kappa shape index (κ2) is 6.66. The number of benzene rings is 2. The van der Waals surface area contributed by atoms with Crippen molar-refractivity contribution in [2.75, 3.05) is 5.33 Å². The van der Waals surface area contributed by atoms with E-state index < -0.39 is 10.4 Å². The third-order valence-corrected chi connectivity index (χ3v) is 6.00. The van der Waals surface area contributed by atoms with Gasteiger partial charge in [0.05, 0.1) is 4.32 Å². The second-order valence-electron chi connectivity index (χ2n) is 4.49. The fraction of sp³-hybridized carbons (Fsp3) is 0.188. The zero-order chi connectivity index (χ0) is 14.6. The summed E-state index contributed by atoms with van der Waals surface area (Å²) in [6.07, 6.45) is -1.17. The summed E-state index contributed by atoms with van der Waals surface area (Å²) in [7, 11) is 0. The van der Waals surface area contributed by atoms with Gasteiger partial charge in [-0.15, -0.1) is 0 Å². The van der Waals surface area contributed by atoms with Crippen molar-refractivity contribution in [3.8, 4) is 0 Å². The fourth-order valence-electron chi connectivity index (χ4n) is 1.99. The van der Waals surface area contributed by atoms with Crippen LogP contribution in [0.25, 0.3) is 0 Å². The summed E-state index contributed by atoms with van der Waals surface area (Å²) in [6, 6.07) is 18.3. The van der Waals surface area contributed by atoms with Crippen molar-refractivity contribution in [2.45, 2.75) is 10.4 Å². The molecule has 0 saturated carbocycles. The molecule has 0 aliphatic rings. The summed E-state index contributed by atoms with van der Waals surface area (Å²) in [5.41, 5.74) is 1.36. The van der Waals surface area contributed by atoms with Gasteiger partial charge in [-0.2, -0.15) is 0 Å². The Morgan fingerprint density at radius 1 is 1.05 bits per heavy atom. The molecular weight excluding hydrogens is 384 g/mol. The lowest BCUT2D eigenvalue weighted by molar-refractivity contribution is 0.0681. The Kier molecular flexibility index (Phi) is 5.13. The zero-order valence-electron chi connectivity index (χ0n) is 10.7. The molecule has 20 heavy (non-hydrogen) atoms. The van der Waals surface area contributed by atoms with E-state index in [9.17, 15) is 9.90 Å². The molecule has 4 heteroatoms. The van der Waals surface area contributed by atoms with Crippen LogP contribution in [0.2, 0.25) is 0 Å². The van der Waals surface area contributed by atoms with Gasteiger partial charge in [0.2, 0.25) is 0 Å². The smallest absolute Gasteiger partial charge is 0.193 e. The molecule has 2 aromatic carbocycles. The first kappa shape index (κ1) is 15.4. The van der Waals surface area contributed by atoms with Crippen LogP contribution in [0, 0.1) is 0 Å². The van der Waals surface area contributed by atoms with Crippen molar-refractivity contribution in [1.29, 1.82) is 0 Å². The van der Waals surface area contributed by atoms with Gasteiger partial charge in [-0.05, 0) is 5.56 Å². The molecular formula is C16H14Br2O2. The van der Waals surface area contributed by atoms with Crippen LogP contribution in [0.1, 0.15) is 15.9 Å². The Bertz CT molecular complexity index is 572. The van der Waals surface area contributed by atoms with E-state index in [1.54, 1.807) is 24.3 Å². The largest absolute Gasteiger partial charge is 0.383 e. The van der Waals surface area contributed by atoms with E-state index in [-0.39, 0.29) is 5.78 Å². The fourth-order valence-corrected chi connectivity index (χ4v) is 3.09. The summed E-state index contributed by atoms with van der Waals surface area (Å²) < 4.78 is -0.846. The molecule has 2 atom stereocenters. The SMILES string of the molecule is O=C(c1ccccc1)[C@@H](O)[C@](Br)(CBr)c1ccccc1. The number of Topliss-reactive ketones (excluding diaryl/α,β-unsaturated/α-hetero) is 1. The minimum atomic E-state index is -1.17. The van der Waals surface area contributed by atoms with Gasteiger partial charge in [-0.25, -0.2) is 0 Å². The highest BCUT2D eigenvalue weighted by Crippen LogP contribution is 2.38. The number of hydrogen-bond acceptors (Lipinski definition) is 2. The van der Waals surface area contributed by atoms with Crippen molar-refractivity contribution >= 4 is 37.6 Å². The van der Waals surface area contributed by atoms with Gasteiger partial charge in [0.25, 0.3) is 0 Å². The van der Waals surface area contributed by atoms with Crippen LogP contribution >= 0.6 is 31.9 Å².